The van der Waals surface area contributed by atoms with Gasteiger partial charge in [0.25, 0.3) is 5.91 Å². The summed E-state index contributed by atoms with van der Waals surface area (Å²) >= 11 is 2.90. The van der Waals surface area contributed by atoms with Gasteiger partial charge in [-0.3, -0.25) is 4.79 Å². The number of aryl methyl sites for hydroxylation is 1. The molecule has 0 saturated heterocycles. The lowest BCUT2D eigenvalue weighted by Crippen LogP contribution is -2.26. The Morgan fingerprint density at radius 3 is 3.00 bits per heavy atom. The maximum atomic E-state index is 12.3. The number of aliphatic hydroxyl groups is 1. The van der Waals surface area contributed by atoms with Crippen molar-refractivity contribution in [3.8, 4) is 11.8 Å². The molecule has 6 heteroatoms. The lowest BCUT2D eigenvalue weighted by Gasteiger charge is -2.10. The van der Waals surface area contributed by atoms with Crippen molar-refractivity contribution in [3.05, 3.63) is 38.0 Å². The molecule has 110 valence electrons. The van der Waals surface area contributed by atoms with Crippen LogP contribution in [0, 0.1) is 18.8 Å². The number of nitrogens with one attached hydrogen (secondary N) is 1. The van der Waals surface area contributed by atoms with Gasteiger partial charge in [0, 0.05) is 23.1 Å². The Bertz CT molecular complexity index is 679. The Hall–Kier alpha value is -1.68. The summed E-state index contributed by atoms with van der Waals surface area (Å²) in [6, 6.07) is 1.69. The standard InChI is InChI=1S/C15H16N2O2S2/c1-10-9-21-15(16-10)11(2)17-14(19)13-12(6-8-20-13)5-3-4-7-18/h6,8-9,11,18H,4,7H2,1-2H3,(H,17,19). The third-order valence-corrected chi connectivity index (χ3v) is 4.74. The highest BCUT2D eigenvalue weighted by molar-refractivity contribution is 7.12. The van der Waals surface area contributed by atoms with E-state index in [2.05, 4.69) is 22.1 Å². The lowest BCUT2D eigenvalue weighted by molar-refractivity contribution is 0.0943. The Kier molecular flexibility index (Phi) is 5.51. The van der Waals surface area contributed by atoms with E-state index in [1.165, 1.54) is 22.7 Å². The van der Waals surface area contributed by atoms with Gasteiger partial charge in [0.15, 0.2) is 0 Å². The number of thiazole rings is 1. The fourth-order valence-electron chi connectivity index (χ4n) is 1.69. The van der Waals surface area contributed by atoms with Crippen molar-refractivity contribution in [1.82, 2.24) is 10.3 Å². The molecule has 0 aliphatic carbocycles. The molecule has 2 aromatic rings. The van der Waals surface area contributed by atoms with E-state index in [4.69, 9.17) is 5.11 Å². The van der Waals surface area contributed by atoms with Crippen LogP contribution in [0.25, 0.3) is 0 Å². The summed E-state index contributed by atoms with van der Waals surface area (Å²) in [4.78, 5) is 17.3. The topological polar surface area (TPSA) is 62.2 Å². The third kappa shape index (κ3) is 4.14. The number of amides is 1. The molecule has 2 N–H and O–H groups in total. The number of carbonyl (C=O) groups is 1. The molecule has 0 bridgehead atoms. The number of aliphatic hydroxyl groups excluding tert-OH is 1. The maximum absolute atomic E-state index is 12.3. The molecule has 1 unspecified atom stereocenters. The van der Waals surface area contributed by atoms with Gasteiger partial charge < -0.3 is 10.4 Å². The lowest BCUT2D eigenvalue weighted by atomic mass is 10.2. The van der Waals surface area contributed by atoms with Crippen LogP contribution in [0.3, 0.4) is 0 Å². The van der Waals surface area contributed by atoms with Crippen LogP contribution in [0.2, 0.25) is 0 Å². The highest BCUT2D eigenvalue weighted by atomic mass is 32.1. The van der Waals surface area contributed by atoms with E-state index in [9.17, 15) is 4.79 Å². The van der Waals surface area contributed by atoms with Gasteiger partial charge in [-0.2, -0.15) is 0 Å². The molecule has 0 spiro atoms. The molecule has 2 heterocycles. The first-order chi connectivity index (χ1) is 10.1. The first-order valence-electron chi connectivity index (χ1n) is 6.52. The van der Waals surface area contributed by atoms with Gasteiger partial charge in [0.05, 0.1) is 12.6 Å². The molecule has 0 aliphatic rings. The van der Waals surface area contributed by atoms with E-state index in [1.54, 1.807) is 0 Å². The largest absolute Gasteiger partial charge is 0.395 e. The molecule has 4 nitrogen and oxygen atoms in total. The molecule has 0 aliphatic heterocycles. The fourth-order valence-corrected chi connectivity index (χ4v) is 3.25. The van der Waals surface area contributed by atoms with Crippen molar-refractivity contribution >= 4 is 28.6 Å². The summed E-state index contributed by atoms with van der Waals surface area (Å²) in [5.74, 6) is 5.62. The first-order valence-corrected chi connectivity index (χ1v) is 8.28. The third-order valence-electron chi connectivity index (χ3n) is 2.69. The molecule has 0 fully saturated rings. The van der Waals surface area contributed by atoms with Gasteiger partial charge >= 0.3 is 0 Å². The zero-order chi connectivity index (χ0) is 15.2. The van der Waals surface area contributed by atoms with E-state index in [1.807, 2.05) is 30.7 Å². The minimum Gasteiger partial charge on any atom is -0.395 e. The molecule has 21 heavy (non-hydrogen) atoms. The maximum Gasteiger partial charge on any atom is 0.263 e. The SMILES string of the molecule is Cc1csc(C(C)NC(=O)c2sccc2C#CCCO)n1. The van der Waals surface area contributed by atoms with Crippen LogP contribution in [0.1, 0.15) is 45.3 Å². The van der Waals surface area contributed by atoms with Crippen molar-refractivity contribution in [2.45, 2.75) is 26.3 Å². The second-order valence-electron chi connectivity index (χ2n) is 4.46. The van der Waals surface area contributed by atoms with Crippen LogP contribution in [-0.2, 0) is 0 Å². The molecule has 0 radical (unpaired) electrons. The van der Waals surface area contributed by atoms with Gasteiger partial charge in [0.2, 0.25) is 0 Å². The predicted octanol–water partition coefficient (Wildman–Crippen LogP) is 2.74. The van der Waals surface area contributed by atoms with Crippen molar-refractivity contribution < 1.29 is 9.90 Å². The molecule has 1 amide bonds. The number of rotatable bonds is 4. The summed E-state index contributed by atoms with van der Waals surface area (Å²) in [7, 11) is 0. The second-order valence-corrected chi connectivity index (χ2v) is 6.27. The summed E-state index contributed by atoms with van der Waals surface area (Å²) in [5, 5.41) is 16.4. The number of hydrogen-bond donors (Lipinski definition) is 2. The minimum atomic E-state index is -0.140. The number of thiophene rings is 1. The average Bonchev–Trinajstić information content (AvgIpc) is 3.08. The van der Waals surface area contributed by atoms with Gasteiger partial charge in [0.1, 0.15) is 9.88 Å². The Morgan fingerprint density at radius 2 is 2.33 bits per heavy atom. The van der Waals surface area contributed by atoms with Gasteiger partial charge in [-0.1, -0.05) is 11.8 Å². The quantitative estimate of drug-likeness (QED) is 0.852. The molecule has 0 aromatic carbocycles. The van der Waals surface area contributed by atoms with E-state index in [0.717, 1.165) is 10.7 Å². The second kappa shape index (κ2) is 7.36. The fraction of sp³-hybridized carbons (Fsp3) is 0.333. The van der Waals surface area contributed by atoms with Crippen molar-refractivity contribution in [2.24, 2.45) is 0 Å². The smallest absolute Gasteiger partial charge is 0.263 e. The minimum absolute atomic E-state index is 0.0269. The normalized spacial score (nSPS) is 11.6. The van der Waals surface area contributed by atoms with Crippen molar-refractivity contribution in [2.75, 3.05) is 6.61 Å². The van der Waals surface area contributed by atoms with Crippen LogP contribution < -0.4 is 5.32 Å². The van der Waals surface area contributed by atoms with Crippen LogP contribution in [0.15, 0.2) is 16.8 Å². The van der Waals surface area contributed by atoms with E-state index in [-0.39, 0.29) is 18.6 Å². The van der Waals surface area contributed by atoms with E-state index in [0.29, 0.717) is 16.9 Å². The highest BCUT2D eigenvalue weighted by Crippen LogP contribution is 2.20. The molecule has 2 rings (SSSR count). The van der Waals surface area contributed by atoms with E-state index >= 15 is 0 Å². The predicted molar refractivity (Wildman–Crippen MR) is 85.6 cm³/mol. The van der Waals surface area contributed by atoms with Gasteiger partial charge in [-0.05, 0) is 25.3 Å². The number of carbonyl (C=O) groups excluding carboxylic acids is 1. The number of aromatic nitrogens is 1. The Morgan fingerprint density at radius 1 is 1.52 bits per heavy atom. The molecule has 2 aromatic heterocycles. The number of nitrogens with zero attached hydrogens (tertiary/aromatic N) is 1. The van der Waals surface area contributed by atoms with Crippen LogP contribution >= 0.6 is 22.7 Å². The Balaban J connectivity index is 2.07. The summed E-state index contributed by atoms with van der Waals surface area (Å²) < 4.78 is 0. The van der Waals surface area contributed by atoms with Crippen LogP contribution in [0.4, 0.5) is 0 Å². The zero-order valence-electron chi connectivity index (χ0n) is 11.8. The molecule has 0 saturated carbocycles. The molecular weight excluding hydrogens is 304 g/mol. The van der Waals surface area contributed by atoms with Crippen molar-refractivity contribution in [3.63, 3.8) is 0 Å². The Labute approximate surface area is 131 Å². The summed E-state index contributed by atoms with van der Waals surface area (Å²) in [6.45, 7) is 3.88. The van der Waals surface area contributed by atoms with Crippen molar-refractivity contribution in [1.29, 1.82) is 0 Å². The van der Waals surface area contributed by atoms with Gasteiger partial charge in [-0.25, -0.2) is 4.98 Å². The molecular formula is C15H16N2O2S2. The van der Waals surface area contributed by atoms with E-state index < -0.39 is 0 Å². The highest BCUT2D eigenvalue weighted by Gasteiger charge is 2.17. The van der Waals surface area contributed by atoms with Crippen LogP contribution in [0.5, 0.6) is 0 Å². The zero-order valence-corrected chi connectivity index (χ0v) is 13.5. The molecule has 1 atom stereocenters. The first kappa shape index (κ1) is 15.7. The average molecular weight is 320 g/mol. The van der Waals surface area contributed by atoms with Crippen LogP contribution in [-0.4, -0.2) is 22.6 Å². The summed E-state index contributed by atoms with van der Waals surface area (Å²) in [5.41, 5.74) is 1.66. The monoisotopic (exact) mass is 320 g/mol. The van der Waals surface area contributed by atoms with Gasteiger partial charge in [-0.15, -0.1) is 22.7 Å². The summed E-state index contributed by atoms with van der Waals surface area (Å²) in [6.07, 6.45) is 0.408. The number of hydrogen-bond acceptors (Lipinski definition) is 5.